The van der Waals surface area contributed by atoms with Crippen molar-refractivity contribution in [3.05, 3.63) is 33.3 Å². The maximum Gasteiger partial charge on any atom is 0.239 e. The van der Waals surface area contributed by atoms with Crippen LogP contribution in [0.4, 0.5) is 17.5 Å². The smallest absolute Gasteiger partial charge is 0.239 e. The lowest BCUT2D eigenvalue weighted by molar-refractivity contribution is 0.412. The van der Waals surface area contributed by atoms with Gasteiger partial charge in [-0.3, -0.25) is 5.43 Å². The van der Waals surface area contributed by atoms with E-state index >= 15 is 0 Å². The molecule has 0 bridgehead atoms. The average Bonchev–Trinajstić information content (AvgIpc) is 2.42. The number of anilines is 3. The number of nitrogens with one attached hydrogen (secondary N) is 2. The average molecular weight is 389 g/mol. The zero-order chi connectivity index (χ0) is 13.8. The molecule has 4 N–H and O–H groups in total. The van der Waals surface area contributed by atoms with E-state index in [0.717, 1.165) is 20.4 Å². The second-order valence-corrected chi connectivity index (χ2v) is 5.21. The topological polar surface area (TPSA) is 85.1 Å². The van der Waals surface area contributed by atoms with Crippen LogP contribution in [0.3, 0.4) is 0 Å². The number of hydrogen-bond donors (Lipinski definition) is 3. The van der Waals surface area contributed by atoms with Gasteiger partial charge in [0.15, 0.2) is 0 Å². The number of nitrogens with two attached hydrogens (primary N) is 1. The highest BCUT2D eigenvalue weighted by molar-refractivity contribution is 9.11. The van der Waals surface area contributed by atoms with Crippen molar-refractivity contribution in [3.63, 3.8) is 0 Å². The third-order valence-electron chi connectivity index (χ3n) is 2.29. The number of nitrogen functional groups attached to an aromatic ring is 1. The molecule has 0 saturated carbocycles. The normalized spacial score (nSPS) is 10.1. The summed E-state index contributed by atoms with van der Waals surface area (Å²) in [5.74, 6) is 6.95. The Kier molecular flexibility index (Phi) is 4.56. The van der Waals surface area contributed by atoms with Crippen molar-refractivity contribution < 1.29 is 4.74 Å². The molecule has 0 unspecified atom stereocenters. The van der Waals surface area contributed by atoms with Crippen LogP contribution >= 0.6 is 31.9 Å². The van der Waals surface area contributed by atoms with Crippen LogP contribution in [0.5, 0.6) is 5.75 Å². The highest BCUT2D eigenvalue weighted by Gasteiger charge is 2.08. The number of halogens is 2. The molecule has 0 saturated heterocycles. The number of nitrogens with zero attached hydrogens (tertiary/aromatic N) is 2. The number of aromatic nitrogens is 2. The summed E-state index contributed by atoms with van der Waals surface area (Å²) in [7, 11) is 1.61. The number of benzene rings is 1. The van der Waals surface area contributed by atoms with Crippen molar-refractivity contribution in [2.75, 3.05) is 17.9 Å². The van der Waals surface area contributed by atoms with Crippen molar-refractivity contribution in [2.24, 2.45) is 5.84 Å². The van der Waals surface area contributed by atoms with Crippen LogP contribution < -0.4 is 21.3 Å². The Labute approximate surface area is 127 Å². The molecule has 0 aliphatic rings. The molecular weight excluding hydrogens is 378 g/mol. The summed E-state index contributed by atoms with van der Waals surface area (Å²) < 4.78 is 6.99. The minimum atomic E-state index is 0.338. The van der Waals surface area contributed by atoms with Gasteiger partial charge >= 0.3 is 0 Å². The first kappa shape index (κ1) is 14.0. The van der Waals surface area contributed by atoms with Crippen LogP contribution in [-0.2, 0) is 0 Å². The van der Waals surface area contributed by atoms with Crippen LogP contribution in [0, 0.1) is 0 Å². The molecule has 0 atom stereocenters. The molecule has 2 rings (SSSR count). The van der Waals surface area contributed by atoms with E-state index in [1.165, 1.54) is 0 Å². The summed E-state index contributed by atoms with van der Waals surface area (Å²) in [6.07, 6.45) is 1.61. The Hall–Kier alpha value is -1.38. The third-order valence-corrected chi connectivity index (χ3v) is 3.56. The highest BCUT2D eigenvalue weighted by atomic mass is 79.9. The molecule has 2 aromatic rings. The monoisotopic (exact) mass is 387 g/mol. The van der Waals surface area contributed by atoms with Gasteiger partial charge in [-0.1, -0.05) is 0 Å². The SMILES string of the molecule is COc1cc(Nc2ccnc(NN)n2)c(Br)cc1Br. The summed E-state index contributed by atoms with van der Waals surface area (Å²) in [4.78, 5) is 8.11. The van der Waals surface area contributed by atoms with Gasteiger partial charge in [0.05, 0.1) is 17.3 Å². The van der Waals surface area contributed by atoms with Crippen LogP contribution in [0.1, 0.15) is 0 Å². The number of hydrazine groups is 1. The summed E-state index contributed by atoms with van der Waals surface area (Å²) >= 11 is 6.89. The summed E-state index contributed by atoms with van der Waals surface area (Å²) in [5, 5.41) is 3.15. The van der Waals surface area contributed by atoms with E-state index in [4.69, 9.17) is 10.6 Å². The van der Waals surface area contributed by atoms with E-state index in [1.54, 1.807) is 19.4 Å². The van der Waals surface area contributed by atoms with Gasteiger partial charge in [0.2, 0.25) is 5.95 Å². The van der Waals surface area contributed by atoms with E-state index < -0.39 is 0 Å². The molecule has 6 nitrogen and oxygen atoms in total. The fourth-order valence-corrected chi connectivity index (χ4v) is 2.67. The minimum Gasteiger partial charge on any atom is -0.495 e. The molecular formula is C11H11Br2N5O. The predicted molar refractivity (Wildman–Crippen MR) is 81.5 cm³/mol. The molecule has 8 heteroatoms. The zero-order valence-electron chi connectivity index (χ0n) is 9.95. The predicted octanol–water partition coefficient (Wildman–Crippen LogP) is 3.04. The van der Waals surface area contributed by atoms with Crippen LogP contribution in [0.15, 0.2) is 33.3 Å². The Bertz CT molecular complexity index is 593. The summed E-state index contributed by atoms with van der Waals surface area (Å²) in [5.41, 5.74) is 3.21. The Morgan fingerprint density at radius 2 is 2.05 bits per heavy atom. The fourth-order valence-electron chi connectivity index (χ4n) is 1.42. The third kappa shape index (κ3) is 3.34. The van der Waals surface area contributed by atoms with Crippen molar-refractivity contribution in [1.29, 1.82) is 0 Å². The van der Waals surface area contributed by atoms with Crippen molar-refractivity contribution in [2.45, 2.75) is 0 Å². The van der Waals surface area contributed by atoms with Gasteiger partial charge in [-0.2, -0.15) is 4.98 Å². The molecule has 0 radical (unpaired) electrons. The van der Waals surface area contributed by atoms with E-state index in [1.807, 2.05) is 12.1 Å². The van der Waals surface area contributed by atoms with Gasteiger partial charge in [0.25, 0.3) is 0 Å². The zero-order valence-corrected chi connectivity index (χ0v) is 13.1. The van der Waals surface area contributed by atoms with Crippen LogP contribution in [0.25, 0.3) is 0 Å². The molecule has 19 heavy (non-hydrogen) atoms. The second-order valence-electron chi connectivity index (χ2n) is 3.50. The largest absolute Gasteiger partial charge is 0.495 e. The van der Waals surface area contributed by atoms with Crippen LogP contribution in [-0.4, -0.2) is 17.1 Å². The van der Waals surface area contributed by atoms with E-state index in [-0.39, 0.29) is 0 Å². The van der Waals surface area contributed by atoms with E-state index in [0.29, 0.717) is 11.8 Å². The Balaban J connectivity index is 2.32. The van der Waals surface area contributed by atoms with Gasteiger partial charge in [-0.15, -0.1) is 0 Å². The first-order chi connectivity index (χ1) is 9.13. The quantitative estimate of drug-likeness (QED) is 0.551. The molecule has 1 aromatic heterocycles. The van der Waals surface area contributed by atoms with Crippen molar-refractivity contribution in [1.82, 2.24) is 9.97 Å². The van der Waals surface area contributed by atoms with E-state index in [9.17, 15) is 0 Å². The first-order valence-electron chi connectivity index (χ1n) is 5.23. The molecule has 0 aliphatic carbocycles. The first-order valence-corrected chi connectivity index (χ1v) is 6.82. The van der Waals surface area contributed by atoms with Gasteiger partial charge in [-0.25, -0.2) is 10.8 Å². The lowest BCUT2D eigenvalue weighted by Crippen LogP contribution is -2.10. The fraction of sp³-hybridized carbons (Fsp3) is 0.0909. The standard InChI is InChI=1S/C11H11Br2N5O/c1-19-9-5-8(6(12)4-7(9)13)16-10-2-3-15-11(17-10)18-14/h2-5H,14H2,1H3,(H2,15,16,17,18). The number of hydrogen-bond acceptors (Lipinski definition) is 6. The highest BCUT2D eigenvalue weighted by Crippen LogP contribution is 2.35. The van der Waals surface area contributed by atoms with Crippen LogP contribution in [0.2, 0.25) is 0 Å². The molecule has 100 valence electrons. The second kappa shape index (κ2) is 6.18. The Morgan fingerprint density at radius 1 is 1.26 bits per heavy atom. The molecule has 0 amide bonds. The number of methoxy groups -OCH3 is 1. The maximum atomic E-state index is 5.27. The minimum absolute atomic E-state index is 0.338. The molecule has 1 heterocycles. The number of ether oxygens (including phenoxy) is 1. The van der Waals surface area contributed by atoms with Gasteiger partial charge in [0, 0.05) is 16.7 Å². The van der Waals surface area contributed by atoms with Gasteiger partial charge in [0.1, 0.15) is 11.6 Å². The molecule has 1 aromatic carbocycles. The maximum absolute atomic E-state index is 5.27. The molecule has 0 spiro atoms. The van der Waals surface area contributed by atoms with Crippen molar-refractivity contribution in [3.8, 4) is 5.75 Å². The van der Waals surface area contributed by atoms with E-state index in [2.05, 4.69) is 52.6 Å². The van der Waals surface area contributed by atoms with Gasteiger partial charge < -0.3 is 10.1 Å². The van der Waals surface area contributed by atoms with Gasteiger partial charge in [-0.05, 0) is 44.0 Å². The summed E-state index contributed by atoms with van der Waals surface area (Å²) in [6, 6.07) is 5.48. The Morgan fingerprint density at radius 3 is 2.74 bits per heavy atom. The van der Waals surface area contributed by atoms with Crippen molar-refractivity contribution >= 4 is 49.3 Å². The lowest BCUT2D eigenvalue weighted by atomic mass is 10.3. The lowest BCUT2D eigenvalue weighted by Gasteiger charge is -2.11. The summed E-state index contributed by atoms with van der Waals surface area (Å²) in [6.45, 7) is 0. The molecule has 0 fully saturated rings. The number of rotatable bonds is 4. The molecule has 0 aliphatic heterocycles.